The first kappa shape index (κ1) is 17.4. The van der Waals surface area contributed by atoms with Crippen molar-refractivity contribution in [2.75, 3.05) is 14.1 Å². The minimum atomic E-state index is -1.01. The smallest absolute Gasteiger partial charge is 0.343 e. The fraction of sp³-hybridized carbons (Fsp3) is 0.211. The molecule has 0 saturated carbocycles. The zero-order valence-corrected chi connectivity index (χ0v) is 14.3. The molecule has 0 atom stereocenters. The molecule has 4 nitrogen and oxygen atoms in total. The van der Waals surface area contributed by atoms with E-state index in [-0.39, 0.29) is 0 Å². The average Bonchev–Trinajstić information content (AvgIpc) is 2.99. The van der Waals surface area contributed by atoms with E-state index < -0.39 is 11.3 Å². The van der Waals surface area contributed by atoms with Gasteiger partial charge in [0.2, 0.25) is 0 Å². The third-order valence-electron chi connectivity index (χ3n) is 4.27. The molecule has 25 heavy (non-hydrogen) atoms. The maximum atomic E-state index is 12.4. The summed E-state index contributed by atoms with van der Waals surface area (Å²) < 4.78 is 5.63. The van der Waals surface area contributed by atoms with E-state index in [0.29, 0.717) is 17.7 Å². The minimum Gasteiger partial charge on any atom is -0.422 e. The number of hydrogen-bond acceptors (Lipinski definition) is 3. The van der Waals surface area contributed by atoms with E-state index in [0.717, 1.165) is 16.5 Å². The van der Waals surface area contributed by atoms with Gasteiger partial charge in [-0.05, 0) is 55.7 Å². The summed E-state index contributed by atoms with van der Waals surface area (Å²) in [5, 5.41) is -0.194. The predicted molar refractivity (Wildman–Crippen MR) is 101 cm³/mol. The molecule has 0 aliphatic carbocycles. The van der Waals surface area contributed by atoms with Crippen LogP contribution in [0.2, 0.25) is 0 Å². The fourth-order valence-corrected chi connectivity index (χ4v) is 2.64. The van der Waals surface area contributed by atoms with Crippen molar-refractivity contribution in [3.05, 3.63) is 65.9 Å². The Hall–Kier alpha value is -2.46. The van der Waals surface area contributed by atoms with Crippen LogP contribution in [0, 0.1) is 0 Å². The van der Waals surface area contributed by atoms with Crippen LogP contribution < -0.4 is 4.74 Å². The standard InChI is InChI=1S/C19H18B2N2O2/c1-23(2)19(20,21)11-14-12-22-15-9-6-10-16(17(14)15)25-18(24)13-7-4-3-5-8-13/h3-10,12,22H,11H2,1-2H3. The lowest BCUT2D eigenvalue weighted by Crippen LogP contribution is -2.47. The van der Waals surface area contributed by atoms with Gasteiger partial charge in [0.25, 0.3) is 0 Å². The quantitative estimate of drug-likeness (QED) is 0.445. The zero-order valence-electron chi connectivity index (χ0n) is 14.3. The van der Waals surface area contributed by atoms with Crippen LogP contribution in [0.4, 0.5) is 0 Å². The van der Waals surface area contributed by atoms with Gasteiger partial charge in [0.05, 0.1) is 21.3 Å². The van der Waals surface area contributed by atoms with Crippen LogP contribution >= 0.6 is 0 Å². The van der Waals surface area contributed by atoms with Crippen molar-refractivity contribution in [3.63, 3.8) is 0 Å². The van der Waals surface area contributed by atoms with Gasteiger partial charge in [-0.25, -0.2) is 4.79 Å². The van der Waals surface area contributed by atoms with Crippen LogP contribution in [0.25, 0.3) is 10.9 Å². The predicted octanol–water partition coefficient (Wildman–Crippen LogP) is 2.48. The van der Waals surface area contributed by atoms with E-state index in [1.165, 1.54) is 0 Å². The summed E-state index contributed by atoms with van der Waals surface area (Å²) in [6.45, 7) is 0. The third-order valence-corrected chi connectivity index (χ3v) is 4.27. The summed E-state index contributed by atoms with van der Waals surface area (Å²) >= 11 is 0. The van der Waals surface area contributed by atoms with Gasteiger partial charge in [-0.2, -0.15) is 0 Å². The highest BCUT2D eigenvalue weighted by Gasteiger charge is 2.23. The zero-order chi connectivity index (χ0) is 18.0. The van der Waals surface area contributed by atoms with Gasteiger partial charge in [0, 0.05) is 17.1 Å². The lowest BCUT2D eigenvalue weighted by atomic mass is 9.58. The summed E-state index contributed by atoms with van der Waals surface area (Å²) in [5.41, 5.74) is 2.25. The molecule has 0 aliphatic rings. The summed E-state index contributed by atoms with van der Waals surface area (Å²) in [6, 6.07) is 14.4. The van der Waals surface area contributed by atoms with Crippen LogP contribution in [-0.4, -0.2) is 51.0 Å². The van der Waals surface area contributed by atoms with Gasteiger partial charge in [0.15, 0.2) is 0 Å². The molecule has 0 saturated heterocycles. The molecule has 1 N–H and O–H groups in total. The second kappa shape index (κ2) is 6.81. The number of benzene rings is 2. The van der Waals surface area contributed by atoms with Crippen molar-refractivity contribution < 1.29 is 9.53 Å². The minimum absolute atomic E-state index is 0.403. The largest absolute Gasteiger partial charge is 0.422 e. The summed E-state index contributed by atoms with van der Waals surface area (Å²) in [6.07, 6.45) is 2.25. The molecule has 3 rings (SSSR count). The molecule has 0 aliphatic heterocycles. The molecule has 0 spiro atoms. The Morgan fingerprint density at radius 3 is 2.52 bits per heavy atom. The molecule has 6 heteroatoms. The Morgan fingerprint density at radius 2 is 1.84 bits per heavy atom. The lowest BCUT2D eigenvalue weighted by Gasteiger charge is -2.33. The molecule has 122 valence electrons. The first-order chi connectivity index (χ1) is 11.9. The van der Waals surface area contributed by atoms with E-state index in [1.54, 1.807) is 35.2 Å². The highest BCUT2D eigenvalue weighted by molar-refractivity contribution is 6.40. The number of aromatic nitrogens is 1. The van der Waals surface area contributed by atoms with Gasteiger partial charge in [-0.15, -0.1) is 0 Å². The molecular weight excluding hydrogens is 310 g/mol. The van der Waals surface area contributed by atoms with Crippen molar-refractivity contribution in [2.45, 2.75) is 11.8 Å². The Labute approximate surface area is 150 Å². The van der Waals surface area contributed by atoms with E-state index in [9.17, 15) is 4.79 Å². The van der Waals surface area contributed by atoms with Crippen molar-refractivity contribution in [1.82, 2.24) is 9.88 Å². The number of rotatable bonds is 5. The molecule has 0 bridgehead atoms. The molecule has 3 aromatic rings. The van der Waals surface area contributed by atoms with E-state index >= 15 is 0 Å². The second-order valence-electron chi connectivity index (χ2n) is 6.31. The fourth-order valence-electron chi connectivity index (χ4n) is 2.64. The Kier molecular flexibility index (Phi) is 4.73. The molecule has 2 aromatic carbocycles. The number of carbonyl (C=O) groups is 1. The van der Waals surface area contributed by atoms with Crippen LogP contribution in [-0.2, 0) is 6.42 Å². The normalized spacial score (nSPS) is 11.8. The number of likely N-dealkylation sites (N-methyl/N-ethyl adjacent to an activating group) is 1. The first-order valence-electron chi connectivity index (χ1n) is 8.00. The topological polar surface area (TPSA) is 45.3 Å². The molecule has 0 unspecified atom stereocenters. The molecular formula is C19H18B2N2O2. The van der Waals surface area contributed by atoms with Gasteiger partial charge in [-0.1, -0.05) is 24.3 Å². The van der Waals surface area contributed by atoms with Gasteiger partial charge < -0.3 is 14.6 Å². The number of aromatic amines is 1. The lowest BCUT2D eigenvalue weighted by molar-refractivity contribution is 0.0737. The summed E-state index contributed by atoms with van der Waals surface area (Å²) in [4.78, 5) is 17.3. The summed E-state index contributed by atoms with van der Waals surface area (Å²) in [5.74, 6) is 0.0804. The molecule has 4 radical (unpaired) electrons. The SMILES string of the molecule is [B]C([B])(Cc1c[nH]c2cccc(OC(=O)c3ccccc3)c12)N(C)C. The second-order valence-corrected chi connectivity index (χ2v) is 6.31. The van der Waals surface area contributed by atoms with E-state index in [4.69, 9.17) is 20.4 Å². The summed E-state index contributed by atoms with van der Waals surface area (Å²) in [7, 11) is 16.0. The highest BCUT2D eigenvalue weighted by Crippen LogP contribution is 2.31. The maximum absolute atomic E-state index is 12.4. The average molecular weight is 328 g/mol. The van der Waals surface area contributed by atoms with Crippen molar-refractivity contribution in [2.24, 2.45) is 0 Å². The number of ether oxygens (including phenoxy) is 1. The third kappa shape index (κ3) is 3.64. The van der Waals surface area contributed by atoms with Crippen molar-refractivity contribution in [1.29, 1.82) is 0 Å². The monoisotopic (exact) mass is 328 g/mol. The molecule has 0 amide bonds. The molecule has 1 heterocycles. The number of fused-ring (bicyclic) bond motifs is 1. The van der Waals surface area contributed by atoms with Crippen LogP contribution in [0.1, 0.15) is 15.9 Å². The van der Waals surface area contributed by atoms with Crippen molar-refractivity contribution in [3.8, 4) is 5.75 Å². The van der Waals surface area contributed by atoms with Crippen LogP contribution in [0.5, 0.6) is 5.75 Å². The van der Waals surface area contributed by atoms with Gasteiger partial charge >= 0.3 is 5.97 Å². The Morgan fingerprint density at radius 1 is 1.12 bits per heavy atom. The van der Waals surface area contributed by atoms with Crippen LogP contribution in [0.15, 0.2) is 54.7 Å². The first-order valence-corrected chi connectivity index (χ1v) is 8.00. The van der Waals surface area contributed by atoms with Crippen molar-refractivity contribution >= 4 is 32.6 Å². The van der Waals surface area contributed by atoms with E-state index in [2.05, 4.69) is 4.98 Å². The maximum Gasteiger partial charge on any atom is 0.343 e. The number of hydrogen-bond donors (Lipinski definition) is 1. The number of esters is 1. The Balaban J connectivity index is 1.96. The number of H-pyrrole nitrogens is 1. The van der Waals surface area contributed by atoms with E-state index in [1.807, 2.05) is 38.5 Å². The molecule has 0 fully saturated rings. The molecule has 1 aromatic heterocycles. The number of nitrogens with zero attached hydrogens (tertiary/aromatic N) is 1. The van der Waals surface area contributed by atoms with Gasteiger partial charge in [-0.3, -0.25) is 0 Å². The van der Waals surface area contributed by atoms with Crippen LogP contribution in [0.3, 0.4) is 0 Å². The van der Waals surface area contributed by atoms with Gasteiger partial charge in [0.1, 0.15) is 5.75 Å². The Bertz CT molecular complexity index is 889. The highest BCUT2D eigenvalue weighted by atomic mass is 16.5. The number of carbonyl (C=O) groups excluding carboxylic acids is 1. The number of nitrogens with one attached hydrogen (secondary N) is 1.